The van der Waals surface area contributed by atoms with E-state index in [1.807, 2.05) is 31.2 Å². The second kappa shape index (κ2) is 9.20. The van der Waals surface area contributed by atoms with Gasteiger partial charge in [0.2, 0.25) is 5.78 Å². The van der Waals surface area contributed by atoms with Gasteiger partial charge in [0.15, 0.2) is 5.76 Å². The van der Waals surface area contributed by atoms with Crippen LogP contribution in [0.5, 0.6) is 11.5 Å². The molecule has 1 fully saturated rings. The number of Topliss-reactive ketones (excluding diaryl/α,β-unsaturated/α-hetero) is 1. The van der Waals surface area contributed by atoms with E-state index in [4.69, 9.17) is 14.2 Å². The van der Waals surface area contributed by atoms with Crippen LogP contribution in [0.25, 0.3) is 6.08 Å². The van der Waals surface area contributed by atoms with E-state index < -0.39 is 0 Å². The summed E-state index contributed by atoms with van der Waals surface area (Å²) in [6, 6.07) is 10.2. The van der Waals surface area contributed by atoms with Crippen molar-refractivity contribution in [2.45, 2.75) is 46.3 Å². The van der Waals surface area contributed by atoms with Gasteiger partial charge >= 0.3 is 0 Å². The molecular weight excluding hydrogens is 416 g/mol. The van der Waals surface area contributed by atoms with Crippen molar-refractivity contribution in [1.82, 2.24) is 4.90 Å². The Morgan fingerprint density at radius 1 is 1.15 bits per heavy atom. The van der Waals surface area contributed by atoms with Gasteiger partial charge in [-0.15, -0.1) is 0 Å². The summed E-state index contributed by atoms with van der Waals surface area (Å²) in [4.78, 5) is 17.7. The molecule has 6 heteroatoms. The van der Waals surface area contributed by atoms with Gasteiger partial charge in [-0.3, -0.25) is 9.69 Å². The number of hydrogen-bond donors (Lipinski definition) is 0. The molecule has 0 saturated carbocycles. The standard InChI is InChI=1S/C27H32N2O4/c1-4-29(5-2)21-10-8-19(9-11-21)13-24-25(30)23-14-20-15-28(16-22-7-6-12-31-22)17-32-26(20)18(3)27(23)33-24/h8-11,13-14,22H,4-7,12,15-17H2,1-3H3/b24-13-. The van der Waals surface area contributed by atoms with E-state index in [1.165, 1.54) is 5.69 Å². The number of carbonyl (C=O) groups excluding carboxylic acids is 1. The Labute approximate surface area is 195 Å². The Hall–Kier alpha value is -2.83. The van der Waals surface area contributed by atoms with Gasteiger partial charge in [0.25, 0.3) is 0 Å². The highest BCUT2D eigenvalue weighted by Crippen LogP contribution is 2.43. The Bertz CT molecular complexity index is 1070. The highest BCUT2D eigenvalue weighted by molar-refractivity contribution is 6.15. The van der Waals surface area contributed by atoms with Crippen LogP contribution in [0.4, 0.5) is 5.69 Å². The summed E-state index contributed by atoms with van der Waals surface area (Å²) in [5.41, 5.74) is 4.69. The molecule has 0 amide bonds. The van der Waals surface area contributed by atoms with Crippen molar-refractivity contribution in [1.29, 1.82) is 0 Å². The van der Waals surface area contributed by atoms with Crippen molar-refractivity contribution in [3.8, 4) is 11.5 Å². The molecule has 33 heavy (non-hydrogen) atoms. The molecule has 2 aromatic carbocycles. The minimum atomic E-state index is -0.0695. The average Bonchev–Trinajstić information content (AvgIpc) is 3.44. The molecule has 3 aliphatic heterocycles. The first-order valence-electron chi connectivity index (χ1n) is 12.0. The van der Waals surface area contributed by atoms with Crippen LogP contribution < -0.4 is 14.4 Å². The fourth-order valence-electron chi connectivity index (χ4n) is 5.01. The fourth-order valence-corrected chi connectivity index (χ4v) is 5.01. The minimum absolute atomic E-state index is 0.0695. The van der Waals surface area contributed by atoms with Crippen molar-refractivity contribution in [3.05, 3.63) is 58.3 Å². The van der Waals surface area contributed by atoms with Crippen molar-refractivity contribution < 1.29 is 19.0 Å². The van der Waals surface area contributed by atoms with Gasteiger partial charge in [-0.1, -0.05) is 12.1 Å². The van der Waals surface area contributed by atoms with Gasteiger partial charge < -0.3 is 19.1 Å². The monoisotopic (exact) mass is 448 g/mol. The van der Waals surface area contributed by atoms with Crippen LogP contribution in [0.15, 0.2) is 36.1 Å². The molecule has 0 spiro atoms. The van der Waals surface area contributed by atoms with E-state index >= 15 is 0 Å². The lowest BCUT2D eigenvalue weighted by atomic mass is 10.00. The number of nitrogens with zero attached hydrogens (tertiary/aromatic N) is 2. The zero-order chi connectivity index (χ0) is 22.9. The first kappa shape index (κ1) is 22.0. The third-order valence-corrected chi connectivity index (χ3v) is 6.81. The van der Waals surface area contributed by atoms with Gasteiger partial charge in [-0.05, 0) is 63.5 Å². The number of benzene rings is 2. The van der Waals surface area contributed by atoms with E-state index in [2.05, 4.69) is 35.8 Å². The van der Waals surface area contributed by atoms with E-state index in [1.54, 1.807) is 0 Å². The van der Waals surface area contributed by atoms with Crippen molar-refractivity contribution >= 4 is 17.5 Å². The number of ether oxygens (including phenoxy) is 3. The first-order chi connectivity index (χ1) is 16.1. The number of ketones is 1. The fraction of sp³-hybridized carbons (Fsp3) is 0.444. The average molecular weight is 449 g/mol. The summed E-state index contributed by atoms with van der Waals surface area (Å²) >= 11 is 0. The molecule has 0 aromatic heterocycles. The van der Waals surface area contributed by atoms with Crippen LogP contribution in [0.1, 0.15) is 53.7 Å². The Kier molecular flexibility index (Phi) is 6.13. The predicted octanol–water partition coefficient (Wildman–Crippen LogP) is 4.79. The molecule has 5 rings (SSSR count). The largest absolute Gasteiger partial charge is 0.477 e. The second-order valence-corrected chi connectivity index (χ2v) is 8.99. The summed E-state index contributed by atoms with van der Waals surface area (Å²) in [6.07, 6.45) is 4.33. The number of anilines is 1. The highest BCUT2D eigenvalue weighted by Gasteiger charge is 2.34. The summed E-state index contributed by atoms with van der Waals surface area (Å²) in [5.74, 6) is 1.76. The Balaban J connectivity index is 1.36. The SMILES string of the molecule is CCN(CC)c1ccc(/C=C2\Oc3c(cc4c(c3C)OCN(CC3CCCO3)C4)C2=O)cc1. The molecular formula is C27H32N2O4. The lowest BCUT2D eigenvalue weighted by Crippen LogP contribution is -2.37. The van der Waals surface area contributed by atoms with Crippen LogP contribution >= 0.6 is 0 Å². The first-order valence-corrected chi connectivity index (χ1v) is 12.0. The molecule has 3 heterocycles. The molecule has 0 bridgehead atoms. The normalized spacial score (nSPS) is 21.0. The zero-order valence-electron chi connectivity index (χ0n) is 19.7. The Morgan fingerprint density at radius 3 is 2.64 bits per heavy atom. The molecule has 3 aliphatic rings. The molecule has 0 radical (unpaired) electrons. The van der Waals surface area contributed by atoms with E-state index in [0.717, 1.165) is 68.1 Å². The predicted molar refractivity (Wildman–Crippen MR) is 129 cm³/mol. The number of hydrogen-bond acceptors (Lipinski definition) is 6. The highest BCUT2D eigenvalue weighted by atomic mass is 16.5. The molecule has 1 unspecified atom stereocenters. The van der Waals surface area contributed by atoms with Crippen LogP contribution in [-0.2, 0) is 11.3 Å². The van der Waals surface area contributed by atoms with Crippen molar-refractivity contribution in [2.75, 3.05) is 37.9 Å². The maximum absolute atomic E-state index is 13.2. The van der Waals surface area contributed by atoms with Gasteiger partial charge in [-0.2, -0.15) is 0 Å². The molecule has 0 N–H and O–H groups in total. The third-order valence-electron chi connectivity index (χ3n) is 6.81. The number of carbonyl (C=O) groups is 1. The third kappa shape index (κ3) is 4.25. The van der Waals surface area contributed by atoms with Crippen LogP contribution in [0.2, 0.25) is 0 Å². The minimum Gasteiger partial charge on any atom is -0.477 e. The summed E-state index contributed by atoms with van der Waals surface area (Å²) in [5, 5.41) is 0. The van der Waals surface area contributed by atoms with Gasteiger partial charge in [0.05, 0.1) is 11.7 Å². The molecule has 0 aliphatic carbocycles. The second-order valence-electron chi connectivity index (χ2n) is 8.99. The van der Waals surface area contributed by atoms with Crippen molar-refractivity contribution in [3.63, 3.8) is 0 Å². The number of rotatable bonds is 6. The van der Waals surface area contributed by atoms with Crippen molar-refractivity contribution in [2.24, 2.45) is 0 Å². The van der Waals surface area contributed by atoms with Crippen LogP contribution in [0, 0.1) is 6.92 Å². The molecule has 6 nitrogen and oxygen atoms in total. The number of fused-ring (bicyclic) bond motifs is 2. The maximum Gasteiger partial charge on any atom is 0.231 e. The molecule has 1 saturated heterocycles. The molecule has 2 aromatic rings. The van der Waals surface area contributed by atoms with E-state index in [0.29, 0.717) is 23.8 Å². The van der Waals surface area contributed by atoms with Gasteiger partial charge in [-0.25, -0.2) is 0 Å². The van der Waals surface area contributed by atoms with Gasteiger partial charge in [0, 0.05) is 49.6 Å². The summed E-state index contributed by atoms with van der Waals surface area (Å²) in [7, 11) is 0. The van der Waals surface area contributed by atoms with Gasteiger partial charge in [0.1, 0.15) is 18.2 Å². The summed E-state index contributed by atoms with van der Waals surface area (Å²) < 4.78 is 17.9. The topological polar surface area (TPSA) is 51.2 Å². The number of allylic oxidation sites excluding steroid dienone is 1. The maximum atomic E-state index is 13.2. The quantitative estimate of drug-likeness (QED) is 0.593. The Morgan fingerprint density at radius 2 is 1.94 bits per heavy atom. The molecule has 174 valence electrons. The lowest BCUT2D eigenvalue weighted by Gasteiger charge is -2.31. The smallest absolute Gasteiger partial charge is 0.231 e. The van der Waals surface area contributed by atoms with Crippen LogP contribution in [-0.4, -0.2) is 49.8 Å². The van der Waals surface area contributed by atoms with E-state index in [-0.39, 0.29) is 11.9 Å². The zero-order valence-corrected chi connectivity index (χ0v) is 19.7. The molecule has 1 atom stereocenters. The van der Waals surface area contributed by atoms with E-state index in [9.17, 15) is 4.79 Å². The lowest BCUT2D eigenvalue weighted by molar-refractivity contribution is 0.0276. The summed E-state index contributed by atoms with van der Waals surface area (Å²) in [6.45, 7) is 11.2. The van der Waals surface area contributed by atoms with Crippen LogP contribution in [0.3, 0.4) is 0 Å².